The van der Waals surface area contributed by atoms with Crippen molar-refractivity contribution in [3.63, 3.8) is 0 Å². The summed E-state index contributed by atoms with van der Waals surface area (Å²) in [5, 5.41) is 9.34. The van der Waals surface area contributed by atoms with Gasteiger partial charge in [-0.25, -0.2) is 0 Å². The van der Waals surface area contributed by atoms with E-state index in [4.69, 9.17) is 4.74 Å². The molecule has 0 bridgehead atoms. The number of ether oxygens (including phenoxy) is 1. The third-order valence-electron chi connectivity index (χ3n) is 3.04. The standard InChI is InChI=1S/C17H16N2O/c1-19(15-6-4-3-5-7-15)16(13-18)12-14-8-10-17(20-2)11-9-14/h3-12H,1-2H3. The predicted molar refractivity (Wildman–Crippen MR) is 81.4 cm³/mol. The molecule has 0 unspecified atom stereocenters. The Labute approximate surface area is 119 Å². The summed E-state index contributed by atoms with van der Waals surface area (Å²) < 4.78 is 5.12. The third-order valence-corrected chi connectivity index (χ3v) is 3.04. The van der Waals surface area contributed by atoms with E-state index in [0.717, 1.165) is 17.0 Å². The van der Waals surface area contributed by atoms with Crippen LogP contribution in [-0.2, 0) is 0 Å². The van der Waals surface area contributed by atoms with Gasteiger partial charge in [0.2, 0.25) is 0 Å². The Kier molecular flexibility index (Phi) is 4.41. The van der Waals surface area contributed by atoms with Crippen LogP contribution in [-0.4, -0.2) is 14.2 Å². The average molecular weight is 264 g/mol. The van der Waals surface area contributed by atoms with E-state index in [-0.39, 0.29) is 0 Å². The Bertz CT molecular complexity index is 624. The molecule has 0 aromatic heterocycles. The van der Waals surface area contributed by atoms with Crippen molar-refractivity contribution in [3.8, 4) is 11.8 Å². The first-order chi connectivity index (χ1) is 9.74. The topological polar surface area (TPSA) is 36.3 Å². The summed E-state index contributed by atoms with van der Waals surface area (Å²) in [6.45, 7) is 0. The first-order valence-electron chi connectivity index (χ1n) is 6.29. The first-order valence-corrected chi connectivity index (χ1v) is 6.29. The molecule has 3 nitrogen and oxygen atoms in total. The molecule has 0 spiro atoms. The highest BCUT2D eigenvalue weighted by molar-refractivity contribution is 5.66. The van der Waals surface area contributed by atoms with Gasteiger partial charge in [0.05, 0.1) is 7.11 Å². The fourth-order valence-corrected chi connectivity index (χ4v) is 1.85. The van der Waals surface area contributed by atoms with Gasteiger partial charge in [0.25, 0.3) is 0 Å². The highest BCUT2D eigenvalue weighted by Gasteiger charge is 2.06. The summed E-state index contributed by atoms with van der Waals surface area (Å²) in [6, 6.07) is 19.6. The van der Waals surface area contributed by atoms with Gasteiger partial charge in [-0.15, -0.1) is 0 Å². The molecule has 100 valence electrons. The smallest absolute Gasteiger partial charge is 0.120 e. The van der Waals surface area contributed by atoms with Crippen molar-refractivity contribution in [1.82, 2.24) is 0 Å². The Morgan fingerprint density at radius 2 is 1.75 bits per heavy atom. The number of anilines is 1. The monoisotopic (exact) mass is 264 g/mol. The fraction of sp³-hybridized carbons (Fsp3) is 0.118. The number of hydrogen-bond acceptors (Lipinski definition) is 3. The van der Waals surface area contributed by atoms with Gasteiger partial charge in [-0.2, -0.15) is 5.26 Å². The zero-order valence-electron chi connectivity index (χ0n) is 11.6. The molecule has 0 amide bonds. The highest BCUT2D eigenvalue weighted by atomic mass is 16.5. The molecule has 2 aromatic rings. The first kappa shape index (κ1) is 13.7. The van der Waals surface area contributed by atoms with Gasteiger partial charge in [0, 0.05) is 12.7 Å². The van der Waals surface area contributed by atoms with Crippen molar-refractivity contribution in [3.05, 3.63) is 65.9 Å². The van der Waals surface area contributed by atoms with Crippen molar-refractivity contribution in [2.45, 2.75) is 0 Å². The Balaban J connectivity index is 2.27. The van der Waals surface area contributed by atoms with E-state index >= 15 is 0 Å². The maximum Gasteiger partial charge on any atom is 0.120 e. The second kappa shape index (κ2) is 6.44. The Morgan fingerprint density at radius 3 is 2.30 bits per heavy atom. The van der Waals surface area contributed by atoms with Crippen LogP contribution >= 0.6 is 0 Å². The zero-order valence-corrected chi connectivity index (χ0v) is 11.6. The third kappa shape index (κ3) is 3.18. The summed E-state index contributed by atoms with van der Waals surface area (Å²) in [5.41, 5.74) is 2.53. The summed E-state index contributed by atoms with van der Waals surface area (Å²) >= 11 is 0. The molecule has 0 aliphatic rings. The number of benzene rings is 2. The molecule has 0 saturated carbocycles. The normalized spacial score (nSPS) is 10.8. The minimum absolute atomic E-state index is 0.585. The summed E-state index contributed by atoms with van der Waals surface area (Å²) in [4.78, 5) is 1.87. The number of rotatable bonds is 4. The second-order valence-electron chi connectivity index (χ2n) is 4.31. The minimum Gasteiger partial charge on any atom is -0.497 e. The van der Waals surface area contributed by atoms with Crippen LogP contribution in [0.1, 0.15) is 5.56 Å². The van der Waals surface area contributed by atoms with Crippen LogP contribution in [0.15, 0.2) is 60.3 Å². The SMILES string of the molecule is COc1ccc(C=C(C#N)N(C)c2ccccc2)cc1. The lowest BCUT2D eigenvalue weighted by molar-refractivity contribution is 0.415. The average Bonchev–Trinajstić information content (AvgIpc) is 2.53. The number of para-hydroxylation sites is 1. The van der Waals surface area contributed by atoms with E-state index in [1.807, 2.05) is 72.6 Å². The molecule has 0 radical (unpaired) electrons. The van der Waals surface area contributed by atoms with Gasteiger partial charge >= 0.3 is 0 Å². The highest BCUT2D eigenvalue weighted by Crippen LogP contribution is 2.19. The van der Waals surface area contributed by atoms with Crippen molar-refractivity contribution >= 4 is 11.8 Å². The molecule has 0 N–H and O–H groups in total. The van der Waals surface area contributed by atoms with E-state index < -0.39 is 0 Å². The van der Waals surface area contributed by atoms with E-state index in [2.05, 4.69) is 6.07 Å². The zero-order chi connectivity index (χ0) is 14.4. The molecular formula is C17H16N2O. The van der Waals surface area contributed by atoms with Crippen molar-refractivity contribution in [2.75, 3.05) is 19.1 Å². The predicted octanol–water partition coefficient (Wildman–Crippen LogP) is 3.70. The van der Waals surface area contributed by atoms with Crippen LogP contribution in [0.2, 0.25) is 0 Å². The maximum absolute atomic E-state index is 9.34. The van der Waals surface area contributed by atoms with Crippen LogP contribution in [0, 0.1) is 11.3 Å². The summed E-state index contributed by atoms with van der Waals surface area (Å²) in [7, 11) is 3.52. The van der Waals surface area contributed by atoms with E-state index in [1.54, 1.807) is 7.11 Å². The van der Waals surface area contributed by atoms with Gasteiger partial charge in [-0.1, -0.05) is 30.3 Å². The molecule has 0 heterocycles. The molecule has 2 rings (SSSR count). The lowest BCUT2D eigenvalue weighted by Gasteiger charge is -2.17. The molecule has 0 saturated heterocycles. The fourth-order valence-electron chi connectivity index (χ4n) is 1.85. The van der Waals surface area contributed by atoms with Gasteiger partial charge in [-0.05, 0) is 35.9 Å². The second-order valence-corrected chi connectivity index (χ2v) is 4.31. The van der Waals surface area contributed by atoms with Crippen molar-refractivity contribution in [2.24, 2.45) is 0 Å². The van der Waals surface area contributed by atoms with Crippen molar-refractivity contribution in [1.29, 1.82) is 5.26 Å². The van der Waals surface area contributed by atoms with E-state index in [9.17, 15) is 5.26 Å². The quantitative estimate of drug-likeness (QED) is 0.790. The lowest BCUT2D eigenvalue weighted by Crippen LogP contribution is -2.14. The van der Waals surface area contributed by atoms with Crippen LogP contribution in [0.5, 0.6) is 5.75 Å². The number of methoxy groups -OCH3 is 1. The number of allylic oxidation sites excluding steroid dienone is 1. The summed E-state index contributed by atoms with van der Waals surface area (Å²) in [5.74, 6) is 0.803. The molecule has 20 heavy (non-hydrogen) atoms. The molecule has 3 heteroatoms. The van der Waals surface area contributed by atoms with Gasteiger partial charge < -0.3 is 9.64 Å². The van der Waals surface area contributed by atoms with Gasteiger partial charge in [0.1, 0.15) is 17.5 Å². The molecule has 0 aliphatic heterocycles. The summed E-state index contributed by atoms with van der Waals surface area (Å²) in [6.07, 6.45) is 1.85. The molecular weight excluding hydrogens is 248 g/mol. The largest absolute Gasteiger partial charge is 0.497 e. The maximum atomic E-state index is 9.34. The minimum atomic E-state index is 0.585. The van der Waals surface area contributed by atoms with Crippen LogP contribution in [0.25, 0.3) is 6.08 Å². The molecule has 0 fully saturated rings. The molecule has 0 aliphatic carbocycles. The van der Waals surface area contributed by atoms with Crippen LogP contribution < -0.4 is 9.64 Å². The Hall–Kier alpha value is -2.73. The van der Waals surface area contributed by atoms with Crippen LogP contribution in [0.3, 0.4) is 0 Å². The molecule has 0 atom stereocenters. The van der Waals surface area contributed by atoms with E-state index in [0.29, 0.717) is 5.70 Å². The van der Waals surface area contributed by atoms with Gasteiger partial charge in [0.15, 0.2) is 0 Å². The Morgan fingerprint density at radius 1 is 1.10 bits per heavy atom. The van der Waals surface area contributed by atoms with Gasteiger partial charge in [-0.3, -0.25) is 0 Å². The van der Waals surface area contributed by atoms with Crippen molar-refractivity contribution < 1.29 is 4.74 Å². The van der Waals surface area contributed by atoms with Crippen LogP contribution in [0.4, 0.5) is 5.69 Å². The lowest BCUT2D eigenvalue weighted by atomic mass is 10.1. The number of nitrogens with zero attached hydrogens (tertiary/aromatic N) is 2. The van der Waals surface area contributed by atoms with E-state index in [1.165, 1.54) is 0 Å². The number of nitriles is 1. The molecule has 2 aromatic carbocycles. The number of hydrogen-bond donors (Lipinski definition) is 0.